The maximum atomic E-state index is 11.9. The van der Waals surface area contributed by atoms with Crippen molar-refractivity contribution in [2.24, 2.45) is 11.7 Å². The van der Waals surface area contributed by atoms with Crippen LogP contribution < -0.4 is 5.73 Å². The maximum Gasteiger partial charge on any atom is 0.150 e. The van der Waals surface area contributed by atoms with Crippen LogP contribution in [0.15, 0.2) is 0 Å². The van der Waals surface area contributed by atoms with Crippen LogP contribution in [0, 0.1) is 5.92 Å². The van der Waals surface area contributed by atoms with Gasteiger partial charge in [-0.2, -0.15) is 0 Å². The van der Waals surface area contributed by atoms with Gasteiger partial charge >= 0.3 is 0 Å². The zero-order chi connectivity index (χ0) is 12.7. The second-order valence-electron chi connectivity index (χ2n) is 4.87. The van der Waals surface area contributed by atoms with E-state index in [1.165, 1.54) is 12.8 Å². The first-order chi connectivity index (χ1) is 8.07. The first kappa shape index (κ1) is 14.9. The lowest BCUT2D eigenvalue weighted by Gasteiger charge is -2.15. The van der Waals surface area contributed by atoms with E-state index in [2.05, 4.69) is 0 Å². The van der Waals surface area contributed by atoms with Gasteiger partial charge in [-0.15, -0.1) is 0 Å². The zero-order valence-electron chi connectivity index (χ0n) is 10.7. The Hall–Kier alpha value is -0.130. The summed E-state index contributed by atoms with van der Waals surface area (Å²) in [5, 5.41) is 0. The van der Waals surface area contributed by atoms with Gasteiger partial charge in [0.2, 0.25) is 0 Å². The zero-order valence-corrected chi connectivity index (χ0v) is 11.5. The average molecular weight is 263 g/mol. The summed E-state index contributed by atoms with van der Waals surface area (Å²) in [5.41, 5.74) is 5.53. The first-order valence-corrected chi connectivity index (χ1v) is 8.41. The lowest BCUT2D eigenvalue weighted by atomic mass is 10.1. The molecule has 1 aliphatic rings. The van der Waals surface area contributed by atoms with Gasteiger partial charge in [-0.1, -0.05) is 12.8 Å². The molecule has 102 valence electrons. The molecule has 0 bridgehead atoms. The minimum Gasteiger partial charge on any atom is -0.377 e. The van der Waals surface area contributed by atoms with E-state index in [4.69, 9.17) is 10.5 Å². The fourth-order valence-corrected chi connectivity index (χ4v) is 4.28. The van der Waals surface area contributed by atoms with E-state index in [-0.39, 0.29) is 11.9 Å². The smallest absolute Gasteiger partial charge is 0.150 e. The molecule has 1 unspecified atom stereocenters. The van der Waals surface area contributed by atoms with Crippen LogP contribution in [-0.2, 0) is 14.6 Å². The molecule has 4 nitrogen and oxygen atoms in total. The van der Waals surface area contributed by atoms with E-state index in [0.717, 1.165) is 12.8 Å². The lowest BCUT2D eigenvalue weighted by molar-refractivity contribution is 0.0670. The van der Waals surface area contributed by atoms with E-state index in [1.807, 2.05) is 6.92 Å². The van der Waals surface area contributed by atoms with Crippen LogP contribution in [0.4, 0.5) is 0 Å². The first-order valence-electron chi connectivity index (χ1n) is 6.59. The van der Waals surface area contributed by atoms with Crippen molar-refractivity contribution in [1.82, 2.24) is 0 Å². The van der Waals surface area contributed by atoms with Crippen LogP contribution in [0.25, 0.3) is 0 Å². The number of hydrogen-bond donors (Lipinski definition) is 1. The Morgan fingerprint density at radius 3 is 2.53 bits per heavy atom. The van der Waals surface area contributed by atoms with Gasteiger partial charge in [-0.25, -0.2) is 8.42 Å². The van der Waals surface area contributed by atoms with E-state index < -0.39 is 9.84 Å². The topological polar surface area (TPSA) is 69.4 Å². The standard InChI is InChI=1S/C12H25NO3S/c1-2-16-12(9-13)7-8-17(14,15)10-11-5-3-4-6-11/h11-12H,2-10,13H2,1H3. The number of hydrogen-bond acceptors (Lipinski definition) is 4. The molecule has 17 heavy (non-hydrogen) atoms. The highest BCUT2D eigenvalue weighted by atomic mass is 32.2. The van der Waals surface area contributed by atoms with Crippen molar-refractivity contribution in [2.45, 2.75) is 45.1 Å². The normalized spacial score (nSPS) is 19.6. The molecule has 0 spiro atoms. The van der Waals surface area contributed by atoms with Crippen LogP contribution >= 0.6 is 0 Å². The van der Waals surface area contributed by atoms with Crippen molar-refractivity contribution in [3.8, 4) is 0 Å². The van der Waals surface area contributed by atoms with Gasteiger partial charge in [0.25, 0.3) is 0 Å². The van der Waals surface area contributed by atoms with Gasteiger partial charge in [0, 0.05) is 13.2 Å². The highest BCUT2D eigenvalue weighted by Gasteiger charge is 2.23. The van der Waals surface area contributed by atoms with E-state index in [0.29, 0.717) is 31.2 Å². The largest absolute Gasteiger partial charge is 0.377 e. The summed E-state index contributed by atoms with van der Waals surface area (Å²) in [6.45, 7) is 2.88. The summed E-state index contributed by atoms with van der Waals surface area (Å²) < 4.78 is 29.2. The second kappa shape index (κ2) is 7.34. The van der Waals surface area contributed by atoms with Crippen molar-refractivity contribution >= 4 is 9.84 Å². The summed E-state index contributed by atoms with van der Waals surface area (Å²) in [6, 6.07) is 0. The van der Waals surface area contributed by atoms with Gasteiger partial charge in [-0.05, 0) is 32.1 Å². The molecule has 1 atom stereocenters. The number of rotatable bonds is 8. The van der Waals surface area contributed by atoms with Crippen molar-refractivity contribution in [2.75, 3.05) is 24.7 Å². The molecule has 0 aromatic carbocycles. The lowest BCUT2D eigenvalue weighted by Crippen LogP contribution is -2.28. The maximum absolute atomic E-state index is 11.9. The van der Waals surface area contributed by atoms with E-state index >= 15 is 0 Å². The van der Waals surface area contributed by atoms with E-state index in [9.17, 15) is 8.42 Å². The molecule has 0 aromatic heterocycles. The molecular weight excluding hydrogens is 238 g/mol. The molecule has 5 heteroatoms. The molecule has 0 saturated heterocycles. The molecule has 1 aliphatic carbocycles. The highest BCUT2D eigenvalue weighted by molar-refractivity contribution is 7.91. The molecule has 1 fully saturated rings. The van der Waals surface area contributed by atoms with Gasteiger partial charge in [0.05, 0.1) is 17.6 Å². The minimum absolute atomic E-state index is 0.113. The van der Waals surface area contributed by atoms with Crippen molar-refractivity contribution in [3.63, 3.8) is 0 Å². The van der Waals surface area contributed by atoms with Gasteiger partial charge in [-0.3, -0.25) is 0 Å². The van der Waals surface area contributed by atoms with Crippen LogP contribution in [0.5, 0.6) is 0 Å². The average Bonchev–Trinajstić information content (AvgIpc) is 2.76. The summed E-state index contributed by atoms with van der Waals surface area (Å²) in [5.74, 6) is 0.963. The van der Waals surface area contributed by atoms with Gasteiger partial charge < -0.3 is 10.5 Å². The molecule has 0 amide bonds. The fourth-order valence-electron chi connectivity index (χ4n) is 2.44. The third kappa shape index (κ3) is 5.84. The molecular formula is C12H25NO3S. The Kier molecular flexibility index (Phi) is 6.44. The Balaban J connectivity index is 2.32. The van der Waals surface area contributed by atoms with Crippen LogP contribution in [0.1, 0.15) is 39.0 Å². The Bertz CT molecular complexity index is 297. The van der Waals surface area contributed by atoms with Crippen LogP contribution in [-0.4, -0.2) is 39.2 Å². The molecule has 1 saturated carbocycles. The fraction of sp³-hybridized carbons (Fsp3) is 1.00. The number of sulfone groups is 1. The Morgan fingerprint density at radius 2 is 2.00 bits per heavy atom. The number of ether oxygens (including phenoxy) is 1. The summed E-state index contributed by atoms with van der Waals surface area (Å²) in [4.78, 5) is 0. The summed E-state index contributed by atoms with van der Waals surface area (Å²) in [6.07, 6.45) is 4.93. The Morgan fingerprint density at radius 1 is 1.35 bits per heavy atom. The van der Waals surface area contributed by atoms with E-state index in [1.54, 1.807) is 0 Å². The van der Waals surface area contributed by atoms with Crippen LogP contribution in [0.2, 0.25) is 0 Å². The molecule has 2 N–H and O–H groups in total. The van der Waals surface area contributed by atoms with Crippen molar-refractivity contribution in [3.05, 3.63) is 0 Å². The third-order valence-corrected chi connectivity index (χ3v) is 5.22. The third-order valence-electron chi connectivity index (χ3n) is 3.38. The second-order valence-corrected chi connectivity index (χ2v) is 7.10. The SMILES string of the molecule is CCOC(CN)CCS(=O)(=O)CC1CCCC1. The summed E-state index contributed by atoms with van der Waals surface area (Å²) in [7, 11) is -2.92. The predicted octanol–water partition coefficient (Wildman–Crippen LogP) is 1.35. The Labute approximate surface area is 105 Å². The van der Waals surface area contributed by atoms with Gasteiger partial charge in [0.1, 0.15) is 0 Å². The van der Waals surface area contributed by atoms with Crippen LogP contribution in [0.3, 0.4) is 0 Å². The van der Waals surface area contributed by atoms with Crippen molar-refractivity contribution in [1.29, 1.82) is 0 Å². The molecule has 0 heterocycles. The molecule has 0 radical (unpaired) electrons. The van der Waals surface area contributed by atoms with Gasteiger partial charge in [0.15, 0.2) is 9.84 Å². The predicted molar refractivity (Wildman–Crippen MR) is 69.7 cm³/mol. The quantitative estimate of drug-likeness (QED) is 0.717. The summed E-state index contributed by atoms with van der Waals surface area (Å²) >= 11 is 0. The molecule has 0 aromatic rings. The molecule has 0 aliphatic heterocycles. The molecule has 1 rings (SSSR count). The highest BCUT2D eigenvalue weighted by Crippen LogP contribution is 2.26. The minimum atomic E-state index is -2.92. The number of nitrogens with two attached hydrogens (primary N) is 1. The monoisotopic (exact) mass is 263 g/mol. The van der Waals surface area contributed by atoms with Crippen molar-refractivity contribution < 1.29 is 13.2 Å².